The van der Waals surface area contributed by atoms with Gasteiger partial charge in [0.25, 0.3) is 0 Å². The first-order valence-electron chi connectivity index (χ1n) is 10.8. The van der Waals surface area contributed by atoms with Gasteiger partial charge in [0, 0.05) is 38.9 Å². The molecule has 3 N–H and O–H groups in total. The van der Waals surface area contributed by atoms with Crippen LogP contribution >= 0.6 is 24.0 Å². The number of anilines is 1. The molecular weight excluding hydrogens is 477 g/mol. The van der Waals surface area contributed by atoms with Gasteiger partial charge in [-0.2, -0.15) is 0 Å². The quantitative estimate of drug-likeness (QED) is 0.251. The summed E-state index contributed by atoms with van der Waals surface area (Å²) >= 11 is 0. The number of hydrogen-bond donors (Lipinski definition) is 3. The standard InChI is InChI=1S/C22H37N5O.HI/c1-4-6-10-18(5-2)16-24-21(23-3)25-17-19-11-9-12-20(15-19)26-22(28)27-13-7-8-14-27;/h9,11-12,15,18H,4-8,10,13-14,16-17H2,1-3H3,(H,26,28)(H2,23,24,25);1H. The van der Waals surface area contributed by atoms with Crippen LogP contribution in [0, 0.1) is 5.92 Å². The molecule has 0 bridgehead atoms. The van der Waals surface area contributed by atoms with Crippen LogP contribution in [-0.2, 0) is 6.54 Å². The van der Waals surface area contributed by atoms with Crippen LogP contribution in [0.4, 0.5) is 10.5 Å². The smallest absolute Gasteiger partial charge is 0.321 e. The minimum Gasteiger partial charge on any atom is -0.356 e. The molecule has 0 aromatic heterocycles. The zero-order valence-corrected chi connectivity index (χ0v) is 20.5. The van der Waals surface area contributed by atoms with Gasteiger partial charge in [0.1, 0.15) is 0 Å². The molecule has 29 heavy (non-hydrogen) atoms. The molecule has 1 aliphatic rings. The van der Waals surface area contributed by atoms with Crippen LogP contribution in [0.2, 0.25) is 0 Å². The molecule has 2 rings (SSSR count). The fourth-order valence-electron chi connectivity index (χ4n) is 3.47. The predicted molar refractivity (Wildman–Crippen MR) is 133 cm³/mol. The van der Waals surface area contributed by atoms with Crippen LogP contribution in [0.3, 0.4) is 0 Å². The second-order valence-electron chi connectivity index (χ2n) is 7.55. The zero-order valence-electron chi connectivity index (χ0n) is 18.2. The number of carbonyl (C=O) groups is 1. The lowest BCUT2D eigenvalue weighted by molar-refractivity contribution is 0.222. The van der Waals surface area contributed by atoms with Crippen LogP contribution in [0.25, 0.3) is 0 Å². The monoisotopic (exact) mass is 515 g/mol. The molecule has 0 aliphatic carbocycles. The van der Waals surface area contributed by atoms with Crippen LogP contribution in [0.15, 0.2) is 29.3 Å². The van der Waals surface area contributed by atoms with Gasteiger partial charge in [0.15, 0.2) is 5.96 Å². The lowest BCUT2D eigenvalue weighted by Gasteiger charge is -2.18. The van der Waals surface area contributed by atoms with E-state index in [1.807, 2.05) is 23.1 Å². The number of guanidine groups is 1. The SMILES string of the molecule is CCCCC(CC)CNC(=NC)NCc1cccc(NC(=O)N2CCCC2)c1.I. The van der Waals surface area contributed by atoms with Crippen molar-refractivity contribution in [2.24, 2.45) is 10.9 Å². The van der Waals surface area contributed by atoms with E-state index in [1.165, 1.54) is 25.7 Å². The molecule has 7 heteroatoms. The molecule has 1 fully saturated rings. The number of nitrogens with one attached hydrogen (secondary N) is 3. The number of amides is 2. The average molecular weight is 515 g/mol. The van der Waals surface area contributed by atoms with Gasteiger partial charge >= 0.3 is 6.03 Å². The van der Waals surface area contributed by atoms with Crippen molar-refractivity contribution in [3.05, 3.63) is 29.8 Å². The summed E-state index contributed by atoms with van der Waals surface area (Å²) in [6.45, 7) is 7.81. The van der Waals surface area contributed by atoms with Crippen molar-refractivity contribution in [2.45, 2.75) is 58.9 Å². The van der Waals surface area contributed by atoms with Gasteiger partial charge in [0.05, 0.1) is 0 Å². The molecule has 1 aromatic rings. The number of likely N-dealkylation sites (tertiary alicyclic amines) is 1. The number of nitrogens with zero attached hydrogens (tertiary/aromatic N) is 2. The number of carbonyl (C=O) groups excluding carboxylic acids is 1. The normalized spacial score (nSPS) is 14.9. The Labute approximate surface area is 193 Å². The Hall–Kier alpha value is -1.51. The Balaban J connectivity index is 0.00000420. The van der Waals surface area contributed by atoms with Crippen LogP contribution in [0.5, 0.6) is 0 Å². The van der Waals surface area contributed by atoms with Gasteiger partial charge in [0.2, 0.25) is 0 Å². The highest BCUT2D eigenvalue weighted by Gasteiger charge is 2.17. The molecule has 1 heterocycles. The van der Waals surface area contributed by atoms with Crippen molar-refractivity contribution < 1.29 is 4.79 Å². The van der Waals surface area contributed by atoms with Crippen molar-refractivity contribution in [1.82, 2.24) is 15.5 Å². The lowest BCUT2D eigenvalue weighted by atomic mass is 9.99. The van der Waals surface area contributed by atoms with E-state index < -0.39 is 0 Å². The van der Waals surface area contributed by atoms with E-state index >= 15 is 0 Å². The van der Waals surface area contributed by atoms with E-state index in [2.05, 4.69) is 40.9 Å². The second-order valence-corrected chi connectivity index (χ2v) is 7.55. The lowest BCUT2D eigenvalue weighted by Crippen LogP contribution is -2.39. The third-order valence-corrected chi connectivity index (χ3v) is 5.36. The van der Waals surface area contributed by atoms with Crippen molar-refractivity contribution in [2.75, 3.05) is 32.0 Å². The highest BCUT2D eigenvalue weighted by atomic mass is 127. The first-order chi connectivity index (χ1) is 13.7. The Morgan fingerprint density at radius 1 is 1.21 bits per heavy atom. The summed E-state index contributed by atoms with van der Waals surface area (Å²) in [4.78, 5) is 18.5. The maximum Gasteiger partial charge on any atom is 0.321 e. The summed E-state index contributed by atoms with van der Waals surface area (Å²) in [6.07, 6.45) is 7.16. The average Bonchev–Trinajstić information content (AvgIpc) is 3.25. The summed E-state index contributed by atoms with van der Waals surface area (Å²) < 4.78 is 0. The third kappa shape index (κ3) is 9.23. The van der Waals surface area contributed by atoms with Crippen molar-refractivity contribution >= 4 is 41.7 Å². The van der Waals surface area contributed by atoms with Crippen molar-refractivity contribution in [3.63, 3.8) is 0 Å². The van der Waals surface area contributed by atoms with E-state index in [0.29, 0.717) is 12.5 Å². The van der Waals surface area contributed by atoms with Gasteiger partial charge < -0.3 is 20.9 Å². The molecule has 1 unspecified atom stereocenters. The topological polar surface area (TPSA) is 68.8 Å². The molecule has 1 atom stereocenters. The third-order valence-electron chi connectivity index (χ3n) is 5.36. The van der Waals surface area contributed by atoms with Crippen LogP contribution in [-0.4, -0.2) is 43.6 Å². The molecule has 0 radical (unpaired) electrons. The molecule has 1 saturated heterocycles. The number of aliphatic imine (C=N–C) groups is 1. The summed E-state index contributed by atoms with van der Waals surface area (Å²) in [5.74, 6) is 1.50. The maximum atomic E-state index is 12.3. The molecule has 2 amide bonds. The number of rotatable bonds is 9. The molecule has 1 aromatic carbocycles. The Kier molecular flexibility index (Phi) is 12.7. The van der Waals surface area contributed by atoms with Gasteiger partial charge in [-0.1, -0.05) is 45.2 Å². The molecule has 1 aliphatic heterocycles. The van der Waals surface area contributed by atoms with Crippen molar-refractivity contribution in [1.29, 1.82) is 0 Å². The Morgan fingerprint density at radius 3 is 2.62 bits per heavy atom. The highest BCUT2D eigenvalue weighted by Crippen LogP contribution is 2.14. The minimum atomic E-state index is -0.00206. The number of hydrogen-bond acceptors (Lipinski definition) is 2. The number of unbranched alkanes of at least 4 members (excludes halogenated alkanes) is 1. The van der Waals surface area contributed by atoms with Crippen LogP contribution < -0.4 is 16.0 Å². The van der Waals surface area contributed by atoms with Gasteiger partial charge in [-0.25, -0.2) is 4.79 Å². The van der Waals surface area contributed by atoms with E-state index in [-0.39, 0.29) is 30.0 Å². The summed E-state index contributed by atoms with van der Waals surface area (Å²) in [7, 11) is 1.80. The van der Waals surface area contributed by atoms with Gasteiger partial charge in [-0.3, -0.25) is 4.99 Å². The van der Waals surface area contributed by atoms with E-state index in [4.69, 9.17) is 0 Å². The fraction of sp³-hybridized carbons (Fsp3) is 0.636. The Bertz CT molecular complexity index is 631. The van der Waals surface area contributed by atoms with E-state index in [1.54, 1.807) is 7.05 Å². The molecule has 0 spiro atoms. The van der Waals surface area contributed by atoms with Gasteiger partial charge in [-0.05, 0) is 42.9 Å². The fourth-order valence-corrected chi connectivity index (χ4v) is 3.47. The highest BCUT2D eigenvalue weighted by molar-refractivity contribution is 14.0. The molecule has 6 nitrogen and oxygen atoms in total. The summed E-state index contributed by atoms with van der Waals surface area (Å²) in [5.41, 5.74) is 1.95. The first-order valence-corrected chi connectivity index (χ1v) is 10.8. The maximum absolute atomic E-state index is 12.3. The van der Waals surface area contributed by atoms with Crippen molar-refractivity contribution in [3.8, 4) is 0 Å². The zero-order chi connectivity index (χ0) is 20.2. The number of urea groups is 1. The Morgan fingerprint density at radius 2 is 1.97 bits per heavy atom. The van der Waals surface area contributed by atoms with E-state index in [9.17, 15) is 4.79 Å². The largest absolute Gasteiger partial charge is 0.356 e. The summed E-state index contributed by atoms with van der Waals surface area (Å²) in [5, 5.41) is 9.83. The summed E-state index contributed by atoms with van der Waals surface area (Å²) in [6, 6.07) is 7.99. The molecular formula is C22H38IN5O. The number of benzene rings is 1. The van der Waals surface area contributed by atoms with E-state index in [0.717, 1.165) is 49.7 Å². The minimum absolute atomic E-state index is 0. The molecule has 0 saturated carbocycles. The number of halogens is 1. The molecule has 164 valence electrons. The first kappa shape index (κ1) is 25.5. The van der Waals surface area contributed by atoms with Crippen LogP contribution in [0.1, 0.15) is 57.9 Å². The predicted octanol–water partition coefficient (Wildman–Crippen LogP) is 4.81. The second kappa shape index (κ2) is 14.5. The van der Waals surface area contributed by atoms with Gasteiger partial charge in [-0.15, -0.1) is 24.0 Å².